The molecule has 0 aliphatic carbocycles. The van der Waals surface area contributed by atoms with Gasteiger partial charge in [-0.2, -0.15) is 11.8 Å². The maximum Gasteiger partial charge on any atom is 0.375 e. The van der Waals surface area contributed by atoms with Crippen molar-refractivity contribution in [3.8, 4) is 0 Å². The summed E-state index contributed by atoms with van der Waals surface area (Å²) in [7, 11) is 1.04. The zero-order chi connectivity index (χ0) is 26.3. The van der Waals surface area contributed by atoms with Crippen LogP contribution in [0.25, 0.3) is 0 Å². The molecule has 19 heteroatoms. The van der Waals surface area contributed by atoms with E-state index in [1.807, 2.05) is 0 Å². The van der Waals surface area contributed by atoms with Crippen molar-refractivity contribution in [2.45, 2.75) is 31.0 Å². The minimum absolute atomic E-state index is 0.200. The summed E-state index contributed by atoms with van der Waals surface area (Å²) in [5, 5.41) is 28.9. The van der Waals surface area contributed by atoms with Gasteiger partial charge in [-0.25, -0.2) is 9.59 Å². The number of nitrogens with two attached hydrogens (primary N) is 1. The number of aliphatic carboxylic acids is 1. The van der Waals surface area contributed by atoms with E-state index in [1.165, 1.54) is 0 Å². The molecule has 0 aliphatic rings. The highest BCUT2D eigenvalue weighted by molar-refractivity contribution is 8.00. The number of carbonyl (C=O) groups is 5. The number of carboxylic acid groups (broad SMARTS) is 1. The number of nitrogens with one attached hydrogen (secondary N) is 1. The Bertz CT molecular complexity index is 760. The number of ether oxygens (including phenoxy) is 2. The number of hydrogen-bond donors (Lipinski definition) is 3. The number of nitrogens with zero attached hydrogens (tertiary/aromatic N) is 2. The van der Waals surface area contributed by atoms with E-state index >= 15 is 0 Å². The molecule has 0 aliphatic heterocycles. The van der Waals surface area contributed by atoms with Crippen molar-refractivity contribution in [2.75, 3.05) is 31.8 Å². The third kappa shape index (κ3) is 13.6. The van der Waals surface area contributed by atoms with Gasteiger partial charge in [0.1, 0.15) is 31.4 Å². The SMILES string of the molecule is COC(=O)[C@H](CSCC(=O)C(=O)OC(CO[N+](=O)[O-])CO[N+](=O)[O-])NC(=O)CC[C@H](N)C(=O)O. The first-order valence-electron chi connectivity index (χ1n) is 9.09. The summed E-state index contributed by atoms with van der Waals surface area (Å²) in [5.41, 5.74) is 5.29. The van der Waals surface area contributed by atoms with E-state index in [9.17, 15) is 44.2 Å². The normalized spacial score (nSPS) is 12.1. The number of rotatable bonds is 18. The van der Waals surface area contributed by atoms with E-state index in [0.29, 0.717) is 11.8 Å². The predicted molar refractivity (Wildman–Crippen MR) is 107 cm³/mol. The van der Waals surface area contributed by atoms with Gasteiger partial charge < -0.3 is 35.3 Å². The lowest BCUT2D eigenvalue weighted by Crippen LogP contribution is -2.44. The largest absolute Gasteiger partial charge is 0.480 e. The van der Waals surface area contributed by atoms with Crippen molar-refractivity contribution in [1.82, 2.24) is 5.32 Å². The molecule has 0 fully saturated rings. The number of carboxylic acids is 1. The Kier molecular flexibility index (Phi) is 14.2. The van der Waals surface area contributed by atoms with Crippen LogP contribution in [0.5, 0.6) is 0 Å². The molecule has 0 rings (SSSR count). The second-order valence-corrected chi connectivity index (χ2v) is 7.16. The number of methoxy groups -OCH3 is 1. The second-order valence-electron chi connectivity index (χ2n) is 6.13. The van der Waals surface area contributed by atoms with Crippen LogP contribution >= 0.6 is 11.8 Å². The van der Waals surface area contributed by atoms with Gasteiger partial charge in [0.2, 0.25) is 11.7 Å². The summed E-state index contributed by atoms with van der Waals surface area (Å²) in [5.74, 6) is -6.37. The molecular weight excluding hydrogens is 492 g/mol. The molecule has 34 heavy (non-hydrogen) atoms. The summed E-state index contributed by atoms with van der Waals surface area (Å²) < 4.78 is 9.12. The van der Waals surface area contributed by atoms with Gasteiger partial charge in [0.25, 0.3) is 10.2 Å². The van der Waals surface area contributed by atoms with Gasteiger partial charge in [0.05, 0.1) is 12.9 Å². The number of Topliss-reactive ketones (excluding diaryl/α,β-unsaturated/α-hetero) is 1. The monoisotopic (exact) mass is 514 g/mol. The van der Waals surface area contributed by atoms with Gasteiger partial charge in [0.15, 0.2) is 0 Å². The van der Waals surface area contributed by atoms with Crippen LogP contribution < -0.4 is 11.1 Å². The highest BCUT2D eigenvalue weighted by atomic mass is 32.2. The Morgan fingerprint density at radius 3 is 2.12 bits per heavy atom. The van der Waals surface area contributed by atoms with Crippen LogP contribution in [-0.2, 0) is 43.1 Å². The Hall–Kier alpha value is -3.74. The van der Waals surface area contributed by atoms with Gasteiger partial charge in [-0.3, -0.25) is 14.4 Å². The first-order chi connectivity index (χ1) is 15.9. The van der Waals surface area contributed by atoms with Crippen molar-refractivity contribution in [3.63, 3.8) is 0 Å². The molecule has 0 aromatic carbocycles. The van der Waals surface area contributed by atoms with Gasteiger partial charge in [0, 0.05) is 12.2 Å². The minimum atomic E-state index is -1.64. The maximum absolute atomic E-state index is 11.9. The lowest BCUT2D eigenvalue weighted by Gasteiger charge is -2.17. The molecule has 0 saturated heterocycles. The molecule has 0 saturated carbocycles. The molecule has 0 spiro atoms. The molecule has 192 valence electrons. The molecule has 0 radical (unpaired) electrons. The molecular formula is C15H22N4O14S. The van der Waals surface area contributed by atoms with Crippen LogP contribution in [0.1, 0.15) is 12.8 Å². The highest BCUT2D eigenvalue weighted by Gasteiger charge is 2.26. The molecule has 0 heterocycles. The number of ketones is 1. The van der Waals surface area contributed by atoms with Crippen LogP contribution in [-0.4, -0.2) is 94.9 Å². The van der Waals surface area contributed by atoms with Crippen molar-refractivity contribution in [1.29, 1.82) is 0 Å². The average molecular weight is 514 g/mol. The lowest BCUT2D eigenvalue weighted by atomic mass is 10.1. The number of carbonyl (C=O) groups excluding carboxylic acids is 4. The van der Waals surface area contributed by atoms with Crippen molar-refractivity contribution < 1.29 is 58.4 Å². The standard InChI is InChI=1S/C15H22N4O14S/c1-30-14(24)10(17-12(21)3-2-9(16)13(22)23)6-34-7-11(20)15(25)33-8(4-31-18(26)27)5-32-19(28)29/h8-10H,2-7,16H2,1H3,(H,17,21)(H,22,23)/t9-,10-/m0/s1. The van der Waals surface area contributed by atoms with E-state index in [0.717, 1.165) is 7.11 Å². The third-order valence-electron chi connectivity index (χ3n) is 3.57. The summed E-state index contributed by atoms with van der Waals surface area (Å²) in [6.07, 6.45) is -2.15. The van der Waals surface area contributed by atoms with E-state index < -0.39 is 76.9 Å². The minimum Gasteiger partial charge on any atom is -0.480 e. The zero-order valence-electron chi connectivity index (χ0n) is 17.6. The maximum atomic E-state index is 11.9. The Balaban J connectivity index is 4.74. The van der Waals surface area contributed by atoms with Crippen LogP contribution in [0.3, 0.4) is 0 Å². The molecule has 1 amide bonds. The fraction of sp³-hybridized carbons (Fsp3) is 0.667. The third-order valence-corrected chi connectivity index (χ3v) is 4.61. The van der Waals surface area contributed by atoms with Gasteiger partial charge in [-0.15, -0.1) is 20.2 Å². The fourth-order valence-electron chi connectivity index (χ4n) is 1.94. The van der Waals surface area contributed by atoms with Crippen LogP contribution in [0.2, 0.25) is 0 Å². The molecule has 0 aromatic heterocycles. The molecule has 0 aromatic rings. The molecule has 0 unspecified atom stereocenters. The molecule has 2 atom stereocenters. The Morgan fingerprint density at radius 2 is 1.65 bits per heavy atom. The van der Waals surface area contributed by atoms with E-state index in [4.69, 9.17) is 10.8 Å². The summed E-state index contributed by atoms with van der Waals surface area (Å²) in [6, 6.07) is -2.53. The van der Waals surface area contributed by atoms with E-state index in [-0.39, 0.29) is 18.6 Å². The van der Waals surface area contributed by atoms with Crippen LogP contribution in [0, 0.1) is 20.2 Å². The zero-order valence-corrected chi connectivity index (χ0v) is 18.4. The summed E-state index contributed by atoms with van der Waals surface area (Å²) in [6.45, 7) is -1.87. The average Bonchev–Trinajstić information content (AvgIpc) is 2.77. The molecule has 0 bridgehead atoms. The first kappa shape index (κ1) is 30.3. The van der Waals surface area contributed by atoms with Crippen LogP contribution in [0.4, 0.5) is 0 Å². The van der Waals surface area contributed by atoms with Crippen LogP contribution in [0.15, 0.2) is 0 Å². The molecule has 18 nitrogen and oxygen atoms in total. The van der Waals surface area contributed by atoms with Gasteiger partial charge in [-0.05, 0) is 6.42 Å². The molecule has 4 N–H and O–H groups in total. The van der Waals surface area contributed by atoms with Gasteiger partial charge >= 0.3 is 17.9 Å². The fourth-order valence-corrected chi connectivity index (χ4v) is 2.81. The van der Waals surface area contributed by atoms with Crippen molar-refractivity contribution >= 4 is 41.4 Å². The Morgan fingerprint density at radius 1 is 1.09 bits per heavy atom. The predicted octanol–water partition coefficient (Wildman–Crippen LogP) is -2.53. The number of esters is 2. The van der Waals surface area contributed by atoms with Gasteiger partial charge in [-0.1, -0.05) is 0 Å². The smallest absolute Gasteiger partial charge is 0.375 e. The van der Waals surface area contributed by atoms with E-state index in [1.54, 1.807) is 0 Å². The topological polar surface area (TPSA) is 267 Å². The van der Waals surface area contributed by atoms with Crippen molar-refractivity contribution in [2.24, 2.45) is 5.73 Å². The first-order valence-corrected chi connectivity index (χ1v) is 10.2. The number of thioether (sulfide) groups is 1. The number of amides is 1. The quantitative estimate of drug-likeness (QED) is 0.0736. The summed E-state index contributed by atoms with van der Waals surface area (Å²) in [4.78, 5) is 86.5. The second kappa shape index (κ2) is 16.0. The highest BCUT2D eigenvalue weighted by Crippen LogP contribution is 2.08. The summed E-state index contributed by atoms with van der Waals surface area (Å²) >= 11 is 0.713. The lowest BCUT2D eigenvalue weighted by molar-refractivity contribution is -0.768. The number of hydrogen-bond acceptors (Lipinski definition) is 15. The van der Waals surface area contributed by atoms with E-state index in [2.05, 4.69) is 24.5 Å². The Labute approximate surface area is 194 Å². The van der Waals surface area contributed by atoms with Crippen molar-refractivity contribution in [3.05, 3.63) is 20.2 Å².